The molecule has 9 nitrogen and oxygen atoms in total. The highest BCUT2D eigenvalue weighted by Crippen LogP contribution is 2.50. The van der Waals surface area contributed by atoms with Crippen LogP contribution in [0.25, 0.3) is 0 Å². The number of carbonyl (C=O) groups excluding carboxylic acids is 3. The number of fused-ring (bicyclic) bond motifs is 1. The van der Waals surface area contributed by atoms with Crippen LogP contribution < -0.4 is 11.1 Å². The zero-order valence-electron chi connectivity index (χ0n) is 17.4. The van der Waals surface area contributed by atoms with Crippen molar-refractivity contribution in [1.82, 2.24) is 15.1 Å². The molecule has 3 heterocycles. The van der Waals surface area contributed by atoms with E-state index in [9.17, 15) is 33.1 Å². The second-order valence-electron chi connectivity index (χ2n) is 8.26. The summed E-state index contributed by atoms with van der Waals surface area (Å²) >= 11 is 1.28. The number of carbonyl (C=O) groups is 4. The Morgan fingerprint density at radius 2 is 2.00 bits per heavy atom. The maximum absolute atomic E-state index is 12.7. The Balaban J connectivity index is 1.76. The molecule has 2 saturated heterocycles. The van der Waals surface area contributed by atoms with Gasteiger partial charge in [0, 0.05) is 48.2 Å². The van der Waals surface area contributed by atoms with Crippen LogP contribution in [0.5, 0.6) is 0 Å². The van der Waals surface area contributed by atoms with Crippen LogP contribution in [0.3, 0.4) is 0 Å². The molecule has 6 atom stereocenters. The van der Waals surface area contributed by atoms with Gasteiger partial charge in [0.05, 0.1) is 12.0 Å². The van der Waals surface area contributed by atoms with Crippen LogP contribution in [0.2, 0.25) is 0 Å². The number of aliphatic carboxylic acids is 1. The van der Waals surface area contributed by atoms with Gasteiger partial charge >= 0.3 is 12.4 Å². The lowest BCUT2D eigenvalue weighted by Crippen LogP contribution is -2.66. The maximum Gasteiger partial charge on any atom is 0.353 e. The molecule has 0 aliphatic carbocycles. The number of likely N-dealkylation sites (tertiary alicyclic amines) is 1. The van der Waals surface area contributed by atoms with Crippen LogP contribution >= 0.6 is 11.8 Å². The molecule has 3 aliphatic heterocycles. The van der Waals surface area contributed by atoms with E-state index in [0.717, 1.165) is 0 Å². The lowest BCUT2D eigenvalue weighted by molar-refractivity contribution is -0.159. The minimum Gasteiger partial charge on any atom is -0.477 e. The quantitative estimate of drug-likeness (QED) is 0.463. The summed E-state index contributed by atoms with van der Waals surface area (Å²) in [5, 5.41) is 11.9. The molecule has 0 bridgehead atoms. The van der Waals surface area contributed by atoms with E-state index in [1.54, 1.807) is 11.8 Å². The third-order valence-corrected chi connectivity index (χ3v) is 7.61. The molecule has 3 rings (SSSR count). The first-order chi connectivity index (χ1) is 14.5. The molecular formula is C19H26F2N4O5S. The molecule has 1 unspecified atom stereocenters. The number of hydrogen-bond acceptors (Lipinski definition) is 6. The molecule has 0 aromatic carbocycles. The SMILES string of the molecule is CC(=O)N1C[C@@H](N)C[C@@H]1CSC1=C(C(=O)O)N2C(=O)[C@H](C(C)NC(=O)C(F)F)[C@H]2[C@H]1C. The number of thioether (sulfide) groups is 1. The van der Waals surface area contributed by atoms with E-state index in [4.69, 9.17) is 5.73 Å². The number of halogens is 2. The van der Waals surface area contributed by atoms with Crippen LogP contribution in [0.15, 0.2) is 10.6 Å². The summed E-state index contributed by atoms with van der Waals surface area (Å²) in [6.45, 7) is 5.14. The third kappa shape index (κ3) is 4.14. The van der Waals surface area contributed by atoms with Crippen molar-refractivity contribution < 1.29 is 33.1 Å². The Labute approximate surface area is 182 Å². The Hall–Kier alpha value is -2.21. The van der Waals surface area contributed by atoms with Crippen LogP contribution in [0.1, 0.15) is 27.2 Å². The molecule has 2 fully saturated rings. The van der Waals surface area contributed by atoms with Gasteiger partial charge in [-0.3, -0.25) is 14.4 Å². The fourth-order valence-electron chi connectivity index (χ4n) is 4.79. The molecule has 4 N–H and O–H groups in total. The minimum atomic E-state index is -3.20. The summed E-state index contributed by atoms with van der Waals surface area (Å²) in [6.07, 6.45) is -2.60. The predicted octanol–water partition coefficient (Wildman–Crippen LogP) is 0.210. The normalized spacial score (nSPS) is 31.1. The summed E-state index contributed by atoms with van der Waals surface area (Å²) in [5.41, 5.74) is 5.86. The van der Waals surface area contributed by atoms with Gasteiger partial charge in [-0.2, -0.15) is 8.78 Å². The van der Waals surface area contributed by atoms with E-state index < -0.39 is 42.2 Å². The highest BCUT2D eigenvalue weighted by atomic mass is 32.2. The monoisotopic (exact) mass is 460 g/mol. The molecule has 0 saturated carbocycles. The summed E-state index contributed by atoms with van der Waals surface area (Å²) in [5.74, 6) is -4.05. The minimum absolute atomic E-state index is 0.104. The van der Waals surface area contributed by atoms with Crippen LogP contribution in [0.4, 0.5) is 8.78 Å². The summed E-state index contributed by atoms with van der Waals surface area (Å²) in [7, 11) is 0. The Kier molecular flexibility index (Phi) is 6.61. The standard InChI is InChI=1S/C19H26F2N4O5S/c1-7-13-12(8(2)23-17(27)16(20)21)18(28)25(13)14(19(29)30)15(7)31-6-11-4-10(22)5-24(11)9(3)26/h7-8,10-13,16H,4-6,22H2,1-3H3,(H,23,27)(H,29,30)/t7-,8?,10+,11-,12-,13-/m1/s1. The molecule has 0 aromatic rings. The summed E-state index contributed by atoms with van der Waals surface area (Å²) in [6, 6.07) is -1.69. The van der Waals surface area contributed by atoms with E-state index >= 15 is 0 Å². The van der Waals surface area contributed by atoms with Gasteiger partial charge in [-0.1, -0.05) is 6.92 Å². The second-order valence-corrected chi connectivity index (χ2v) is 9.32. The Morgan fingerprint density at radius 1 is 1.35 bits per heavy atom. The molecule has 172 valence electrons. The average Bonchev–Trinajstić information content (AvgIpc) is 3.15. The molecular weight excluding hydrogens is 434 g/mol. The fourth-order valence-corrected chi connectivity index (χ4v) is 6.21. The van der Waals surface area contributed by atoms with Crippen molar-refractivity contribution in [2.45, 2.75) is 57.8 Å². The van der Waals surface area contributed by atoms with Crippen LogP contribution in [0, 0.1) is 11.8 Å². The molecule has 0 spiro atoms. The highest BCUT2D eigenvalue weighted by Gasteiger charge is 2.60. The number of amides is 3. The number of hydrogen-bond donors (Lipinski definition) is 3. The van der Waals surface area contributed by atoms with Gasteiger partial charge in [-0.25, -0.2) is 4.79 Å². The number of nitrogens with one attached hydrogen (secondary N) is 1. The molecule has 12 heteroatoms. The van der Waals surface area contributed by atoms with E-state index in [1.165, 1.54) is 30.5 Å². The average molecular weight is 461 g/mol. The van der Waals surface area contributed by atoms with Gasteiger partial charge in [-0.05, 0) is 13.3 Å². The van der Waals surface area contributed by atoms with E-state index in [2.05, 4.69) is 5.32 Å². The summed E-state index contributed by atoms with van der Waals surface area (Å²) in [4.78, 5) is 51.2. The number of β-lactam (4-membered cyclic amide) rings is 1. The van der Waals surface area contributed by atoms with Crippen LogP contribution in [-0.4, -0.2) is 81.5 Å². The van der Waals surface area contributed by atoms with E-state index in [0.29, 0.717) is 23.6 Å². The van der Waals surface area contributed by atoms with Gasteiger partial charge in [0.15, 0.2) is 0 Å². The maximum atomic E-state index is 12.7. The molecule has 31 heavy (non-hydrogen) atoms. The molecule has 3 aliphatic rings. The first-order valence-corrected chi connectivity index (χ1v) is 11.0. The molecule has 0 aromatic heterocycles. The fraction of sp³-hybridized carbons (Fsp3) is 0.684. The van der Waals surface area contributed by atoms with Crippen molar-refractivity contribution in [3.8, 4) is 0 Å². The Bertz CT molecular complexity index is 838. The van der Waals surface area contributed by atoms with Crippen molar-refractivity contribution in [3.05, 3.63) is 10.6 Å². The van der Waals surface area contributed by atoms with Gasteiger partial charge < -0.3 is 26.0 Å². The first-order valence-electron chi connectivity index (χ1n) is 10.00. The van der Waals surface area contributed by atoms with E-state index in [1.807, 2.05) is 0 Å². The second kappa shape index (κ2) is 8.73. The van der Waals surface area contributed by atoms with Gasteiger partial charge in [0.1, 0.15) is 5.70 Å². The highest BCUT2D eigenvalue weighted by molar-refractivity contribution is 8.03. The number of rotatable bonds is 7. The number of carboxylic acid groups (broad SMARTS) is 1. The van der Waals surface area contributed by atoms with Gasteiger partial charge in [-0.15, -0.1) is 11.8 Å². The summed E-state index contributed by atoms with van der Waals surface area (Å²) < 4.78 is 25.2. The first kappa shape index (κ1) is 23.5. The number of alkyl halides is 2. The van der Waals surface area contributed by atoms with Crippen molar-refractivity contribution in [1.29, 1.82) is 0 Å². The largest absolute Gasteiger partial charge is 0.477 e. The third-order valence-electron chi connectivity index (χ3n) is 6.18. The Morgan fingerprint density at radius 3 is 2.55 bits per heavy atom. The van der Waals surface area contributed by atoms with Crippen LogP contribution in [-0.2, 0) is 19.2 Å². The van der Waals surface area contributed by atoms with Crippen molar-refractivity contribution in [2.24, 2.45) is 17.6 Å². The number of nitrogens with zero attached hydrogens (tertiary/aromatic N) is 2. The smallest absolute Gasteiger partial charge is 0.353 e. The zero-order chi connectivity index (χ0) is 23.2. The number of carboxylic acids is 1. The number of nitrogens with two attached hydrogens (primary N) is 1. The lowest BCUT2D eigenvalue weighted by Gasteiger charge is -2.47. The van der Waals surface area contributed by atoms with Gasteiger partial charge in [0.2, 0.25) is 11.8 Å². The van der Waals surface area contributed by atoms with E-state index in [-0.39, 0.29) is 29.6 Å². The molecule has 0 radical (unpaired) electrons. The zero-order valence-corrected chi connectivity index (χ0v) is 18.2. The molecule has 3 amide bonds. The van der Waals surface area contributed by atoms with Crippen molar-refractivity contribution >= 4 is 35.5 Å². The van der Waals surface area contributed by atoms with Crippen molar-refractivity contribution in [2.75, 3.05) is 12.3 Å². The van der Waals surface area contributed by atoms with Crippen molar-refractivity contribution in [3.63, 3.8) is 0 Å². The van der Waals surface area contributed by atoms with Gasteiger partial charge in [0.25, 0.3) is 5.91 Å². The predicted molar refractivity (Wildman–Crippen MR) is 108 cm³/mol. The lowest BCUT2D eigenvalue weighted by atomic mass is 9.78. The topological polar surface area (TPSA) is 133 Å².